The Bertz CT molecular complexity index is 2490. The quantitative estimate of drug-likeness (QED) is 0.0449. The first-order chi connectivity index (χ1) is 30.2. The maximum atomic E-state index is 15.0. The topological polar surface area (TPSA) is 157 Å². The molecule has 1 aliphatic heterocycles. The molecule has 344 valence electrons. The van der Waals surface area contributed by atoms with E-state index in [0.717, 1.165) is 42.9 Å². The van der Waals surface area contributed by atoms with Crippen molar-refractivity contribution in [1.29, 1.82) is 0 Å². The number of Topliss-reactive ketones (excluding diaryl/α,β-unsaturated/α-hetero) is 1. The highest BCUT2D eigenvalue weighted by Gasteiger charge is 2.65. The number of likely N-dealkylation sites (tertiary alicyclic amines) is 1. The molecule has 64 heavy (non-hydrogen) atoms. The number of nitrogens with one attached hydrogen (secondary N) is 1. The Balaban J connectivity index is 1.23. The number of pyridine rings is 1. The van der Waals surface area contributed by atoms with E-state index in [9.17, 15) is 28.2 Å². The molecule has 3 heterocycles. The van der Waals surface area contributed by atoms with Crippen LogP contribution in [0.25, 0.3) is 22.3 Å². The molecule has 7 rings (SSSR count). The number of ketones is 1. The van der Waals surface area contributed by atoms with Gasteiger partial charge < -0.3 is 29.3 Å². The summed E-state index contributed by atoms with van der Waals surface area (Å²) in [6, 6.07) is 7.84. The van der Waals surface area contributed by atoms with Gasteiger partial charge >= 0.3 is 5.97 Å². The molecule has 2 aliphatic carbocycles. The molecule has 2 aromatic carbocycles. The third-order valence-electron chi connectivity index (χ3n) is 12.8. The molecule has 4 aromatic rings. The van der Waals surface area contributed by atoms with Crippen LogP contribution in [0, 0.1) is 28.9 Å². The number of allylic oxidation sites excluding steroid dienone is 1. The van der Waals surface area contributed by atoms with Crippen LogP contribution >= 0.6 is 30.3 Å². The van der Waals surface area contributed by atoms with E-state index in [0.29, 0.717) is 33.8 Å². The van der Waals surface area contributed by atoms with E-state index in [1.165, 1.54) is 22.3 Å². The Morgan fingerprint density at radius 3 is 2.47 bits per heavy atom. The van der Waals surface area contributed by atoms with Crippen molar-refractivity contribution in [2.24, 2.45) is 17.3 Å². The number of halogens is 3. The number of thiazole rings is 1. The zero-order chi connectivity index (χ0) is 46.3. The Kier molecular flexibility index (Phi) is 14.0. The van der Waals surface area contributed by atoms with Gasteiger partial charge in [-0.1, -0.05) is 38.4 Å². The van der Waals surface area contributed by atoms with Crippen molar-refractivity contribution in [1.82, 2.24) is 14.9 Å². The minimum absolute atomic E-state index is 0.0112. The third-order valence-corrected chi connectivity index (χ3v) is 16.8. The first-order valence-corrected chi connectivity index (χ1v) is 24.8. The lowest BCUT2D eigenvalue weighted by molar-refractivity contribution is -0.156. The monoisotopic (exact) mass is 940 g/mol. The number of fused-ring (bicyclic) bond motifs is 1. The minimum Gasteiger partial charge on any atom is -0.497 e. The summed E-state index contributed by atoms with van der Waals surface area (Å²) in [7, 11) is -2.96. The summed E-state index contributed by atoms with van der Waals surface area (Å²) in [5.74, 6) is -3.86. The highest BCUT2D eigenvalue weighted by Crippen LogP contribution is 2.74. The number of esters is 1. The summed E-state index contributed by atoms with van der Waals surface area (Å²) < 4.78 is 62.0. The van der Waals surface area contributed by atoms with Crippen LogP contribution < -0.4 is 14.8 Å². The summed E-state index contributed by atoms with van der Waals surface area (Å²) in [6.45, 7) is 13.4. The predicted molar refractivity (Wildman–Crippen MR) is 244 cm³/mol. The predicted octanol–water partition coefficient (Wildman–Crippen LogP) is 10.4. The third kappa shape index (κ3) is 10.0. The smallest absolute Gasteiger partial charge is 0.306 e. The second-order valence-corrected chi connectivity index (χ2v) is 22.5. The zero-order valence-electron chi connectivity index (χ0n) is 37.0. The minimum atomic E-state index is -4.52. The molecule has 1 amide bonds. The average molecular weight is 941 g/mol. The second-order valence-electron chi connectivity index (χ2n) is 18.7. The van der Waals surface area contributed by atoms with Gasteiger partial charge in [-0.2, -0.15) is 0 Å². The SMILES string of the molecule is C=C[C@@H]1C[C@]1(CC(=O)[C@@H]1C[C@@H](Oc2cc(-c3csc(NC(C)C)n3)nc3cc(OC)ccc23)CN1C(=O)[C@@H](CC(=O)OC1CCCC1)C(C)(C)C)P(=O)(O)Cc1c(F)ccc(F)c1Cl. The van der Waals surface area contributed by atoms with E-state index >= 15 is 4.39 Å². The van der Waals surface area contributed by atoms with Crippen molar-refractivity contribution in [3.63, 3.8) is 0 Å². The number of hydrogen-bond donors (Lipinski definition) is 2. The molecule has 2 N–H and O–H groups in total. The van der Waals surface area contributed by atoms with Gasteiger partial charge in [0.25, 0.3) is 0 Å². The Hall–Kier alpha value is -4.43. The van der Waals surface area contributed by atoms with Crippen molar-refractivity contribution in [2.75, 3.05) is 19.0 Å². The maximum Gasteiger partial charge on any atom is 0.306 e. The number of benzene rings is 2. The lowest BCUT2D eigenvalue weighted by atomic mass is 9.77. The fraction of sp³-hybridized carbons (Fsp3) is 0.511. The van der Waals surface area contributed by atoms with Crippen LogP contribution in [-0.2, 0) is 29.8 Å². The van der Waals surface area contributed by atoms with E-state index < -0.39 is 94.4 Å². The van der Waals surface area contributed by atoms with E-state index in [1.54, 1.807) is 25.3 Å². The van der Waals surface area contributed by atoms with Crippen molar-refractivity contribution in [2.45, 2.75) is 122 Å². The molecular weight excluding hydrogens is 885 g/mol. The number of methoxy groups -OCH3 is 1. The number of hydrogen-bond acceptors (Lipinski definition) is 11. The summed E-state index contributed by atoms with van der Waals surface area (Å²) in [4.78, 5) is 66.1. The molecule has 0 bridgehead atoms. The van der Waals surface area contributed by atoms with Crippen LogP contribution in [0.15, 0.2) is 54.4 Å². The van der Waals surface area contributed by atoms with Crippen LogP contribution in [0.4, 0.5) is 13.9 Å². The zero-order valence-corrected chi connectivity index (χ0v) is 39.5. The number of nitrogens with zero attached hydrogens (tertiary/aromatic N) is 3. The van der Waals surface area contributed by atoms with Gasteiger partial charge in [-0.05, 0) is 81.5 Å². The Morgan fingerprint density at radius 1 is 1.09 bits per heavy atom. The average Bonchev–Trinajstić information content (AvgIpc) is 3.63. The van der Waals surface area contributed by atoms with Crippen LogP contribution in [-0.4, -0.2) is 80.5 Å². The number of amides is 1. The molecule has 1 saturated heterocycles. The van der Waals surface area contributed by atoms with E-state index in [1.807, 2.05) is 46.1 Å². The van der Waals surface area contributed by atoms with E-state index in [4.69, 9.17) is 35.8 Å². The van der Waals surface area contributed by atoms with Gasteiger partial charge in [-0.15, -0.1) is 17.9 Å². The molecule has 3 aliphatic rings. The van der Waals surface area contributed by atoms with Gasteiger partial charge in [-0.3, -0.25) is 18.9 Å². The number of aromatic nitrogens is 2. The molecular formula is C47H56ClF2N4O8PS. The number of anilines is 1. The standard InChI is InChI=1S/C47H56ClF2N4O8PS/c1-8-27-21-47(27,63(58,59)24-32-34(49)15-16-35(50)43(32)48)22-40(55)39-18-30(23-54(39)44(57)33(46(4,5)6)19-42(56)62-28-11-9-10-12-28)61-41-20-37(38-25-64-45(53-38)51-26(2)3)52-36-17-29(60-7)13-14-31(36)41/h8,13-17,20,25-28,30,33,39H,1,9-12,18-19,21-24H2,2-7H3,(H,51,53)(H,58,59)/t27-,30-,33-,39+,47-/m1/s1. The Labute approximate surface area is 381 Å². The molecule has 1 unspecified atom stereocenters. The van der Waals surface area contributed by atoms with Crippen molar-refractivity contribution >= 4 is 64.0 Å². The van der Waals surface area contributed by atoms with Crippen LogP contribution in [0.5, 0.6) is 11.5 Å². The van der Waals surface area contributed by atoms with Crippen molar-refractivity contribution in [3.8, 4) is 22.9 Å². The second kappa shape index (κ2) is 18.8. The summed E-state index contributed by atoms with van der Waals surface area (Å²) >= 11 is 7.55. The highest BCUT2D eigenvalue weighted by atomic mass is 35.5. The fourth-order valence-electron chi connectivity index (χ4n) is 9.08. The van der Waals surface area contributed by atoms with Gasteiger partial charge in [0.1, 0.15) is 41.0 Å². The van der Waals surface area contributed by atoms with Crippen LogP contribution in [0.3, 0.4) is 0 Å². The molecule has 2 aromatic heterocycles. The highest BCUT2D eigenvalue weighted by molar-refractivity contribution is 7.59. The number of rotatable bonds is 17. The lowest BCUT2D eigenvalue weighted by Crippen LogP contribution is -2.48. The molecule has 2 saturated carbocycles. The first kappa shape index (κ1) is 47.5. The maximum absolute atomic E-state index is 15.0. The first-order valence-electron chi connectivity index (χ1n) is 21.7. The molecule has 17 heteroatoms. The van der Waals surface area contributed by atoms with Crippen LogP contribution in [0.1, 0.15) is 91.5 Å². The van der Waals surface area contributed by atoms with E-state index in [-0.39, 0.29) is 38.0 Å². The molecule has 3 fully saturated rings. The number of ether oxygens (including phenoxy) is 3. The molecule has 0 spiro atoms. The lowest BCUT2D eigenvalue weighted by Gasteiger charge is -2.35. The van der Waals surface area contributed by atoms with Gasteiger partial charge in [0, 0.05) is 47.3 Å². The van der Waals surface area contributed by atoms with Gasteiger partial charge in [-0.25, -0.2) is 18.7 Å². The van der Waals surface area contributed by atoms with Crippen molar-refractivity contribution in [3.05, 3.63) is 76.7 Å². The van der Waals surface area contributed by atoms with Crippen molar-refractivity contribution < 1.29 is 46.8 Å². The van der Waals surface area contributed by atoms with E-state index in [2.05, 4.69) is 11.9 Å². The summed E-state index contributed by atoms with van der Waals surface area (Å²) in [5, 5.41) is 4.39. The summed E-state index contributed by atoms with van der Waals surface area (Å²) in [6.07, 6.45) is 2.58. The Morgan fingerprint density at radius 2 is 1.81 bits per heavy atom. The number of carbonyl (C=O) groups excluding carboxylic acids is 3. The molecule has 12 nitrogen and oxygen atoms in total. The fourth-order valence-corrected chi connectivity index (χ4v) is 12.8. The van der Waals surface area contributed by atoms with Gasteiger partial charge in [0.05, 0.1) is 59.6 Å². The largest absolute Gasteiger partial charge is 0.497 e. The van der Waals surface area contributed by atoms with Gasteiger partial charge in [0.2, 0.25) is 13.3 Å². The normalized spacial score (nSPS) is 22.6. The number of carbonyl (C=O) groups is 3. The summed E-state index contributed by atoms with van der Waals surface area (Å²) in [5.41, 5.74) is 0.492. The van der Waals surface area contributed by atoms with Gasteiger partial charge in [0.15, 0.2) is 10.9 Å². The molecule has 6 atom stereocenters. The molecule has 0 radical (unpaired) electrons. The van der Waals surface area contributed by atoms with Crippen LogP contribution in [0.2, 0.25) is 5.02 Å².